The Hall–Kier alpha value is -2.61. The molecule has 0 radical (unpaired) electrons. The highest BCUT2D eigenvalue weighted by Gasteiger charge is 2.04. The zero-order valence-electron chi connectivity index (χ0n) is 8.29. The highest BCUT2D eigenvalue weighted by atomic mass is 16.5. The van der Waals surface area contributed by atoms with E-state index in [1.807, 2.05) is 6.07 Å². The highest BCUT2D eigenvalue weighted by Crippen LogP contribution is 2.22. The number of nitrogens with zero attached hydrogens (tertiary/aromatic N) is 3. The van der Waals surface area contributed by atoms with Gasteiger partial charge in [-0.05, 0) is 18.2 Å². The summed E-state index contributed by atoms with van der Waals surface area (Å²) in [6.07, 6.45) is 0. The van der Waals surface area contributed by atoms with Crippen LogP contribution in [0.2, 0.25) is 0 Å². The summed E-state index contributed by atoms with van der Waals surface area (Å²) in [6, 6.07) is 12.1. The second-order valence-electron chi connectivity index (χ2n) is 3.01. The van der Waals surface area contributed by atoms with Crippen LogP contribution in [0.5, 0.6) is 11.6 Å². The summed E-state index contributed by atoms with van der Waals surface area (Å²) in [5.41, 5.74) is 5.84. The quantitative estimate of drug-likeness (QED) is 0.819. The van der Waals surface area contributed by atoms with E-state index in [0.717, 1.165) is 0 Å². The molecule has 0 aliphatic rings. The number of hydrogen-bond acceptors (Lipinski definition) is 5. The Bertz CT molecular complexity index is 530. The van der Waals surface area contributed by atoms with Crippen LogP contribution in [0.3, 0.4) is 0 Å². The second-order valence-corrected chi connectivity index (χ2v) is 3.01. The predicted molar refractivity (Wildman–Crippen MR) is 57.7 cm³/mol. The molecule has 2 aromatic rings. The van der Waals surface area contributed by atoms with Crippen molar-refractivity contribution in [3.8, 4) is 17.7 Å². The van der Waals surface area contributed by atoms with Crippen LogP contribution in [-0.2, 0) is 0 Å². The maximum Gasteiger partial charge on any atom is 0.239 e. The third-order valence-electron chi connectivity index (χ3n) is 1.88. The molecule has 1 heterocycles. The highest BCUT2D eigenvalue weighted by molar-refractivity contribution is 5.44. The molecular weight excluding hydrogens is 204 g/mol. The van der Waals surface area contributed by atoms with E-state index >= 15 is 0 Å². The van der Waals surface area contributed by atoms with Gasteiger partial charge in [0.05, 0.1) is 5.56 Å². The lowest BCUT2D eigenvalue weighted by molar-refractivity contribution is 0.454. The van der Waals surface area contributed by atoms with Crippen molar-refractivity contribution in [3.63, 3.8) is 0 Å². The van der Waals surface area contributed by atoms with E-state index in [1.54, 1.807) is 36.4 Å². The van der Waals surface area contributed by atoms with E-state index in [-0.39, 0.29) is 0 Å². The van der Waals surface area contributed by atoms with Gasteiger partial charge >= 0.3 is 0 Å². The molecule has 0 atom stereocenters. The van der Waals surface area contributed by atoms with Crippen molar-refractivity contribution in [2.75, 3.05) is 5.73 Å². The number of nitriles is 1. The van der Waals surface area contributed by atoms with Gasteiger partial charge in [-0.25, -0.2) is 0 Å². The molecule has 2 N–H and O–H groups in total. The molecule has 0 aliphatic heterocycles. The van der Waals surface area contributed by atoms with Gasteiger partial charge in [0.15, 0.2) is 0 Å². The minimum absolute atomic E-state index is 0.303. The van der Waals surface area contributed by atoms with Crippen LogP contribution in [-0.4, -0.2) is 10.2 Å². The van der Waals surface area contributed by atoms with Crippen LogP contribution in [0.1, 0.15) is 5.56 Å². The summed E-state index contributed by atoms with van der Waals surface area (Å²) in [7, 11) is 0. The first-order valence-electron chi connectivity index (χ1n) is 4.56. The lowest BCUT2D eigenvalue weighted by Crippen LogP contribution is -1.95. The lowest BCUT2D eigenvalue weighted by Gasteiger charge is -2.04. The molecule has 0 amide bonds. The number of hydrogen-bond donors (Lipinski definition) is 1. The standard InChI is InChI=1S/C11H8N4O/c12-7-8-3-1-2-4-9(8)16-11-6-5-10(13)14-15-11/h1-6H,(H2,13,14). The molecule has 0 bridgehead atoms. The van der Waals surface area contributed by atoms with Gasteiger partial charge in [-0.15, -0.1) is 10.2 Å². The Labute approximate surface area is 92.1 Å². The van der Waals surface area contributed by atoms with Crippen LogP contribution < -0.4 is 10.5 Å². The molecule has 1 aromatic carbocycles. The van der Waals surface area contributed by atoms with Gasteiger partial charge < -0.3 is 10.5 Å². The minimum atomic E-state index is 0.303. The Morgan fingerprint density at radius 1 is 1.12 bits per heavy atom. The molecule has 0 aliphatic carbocycles. The monoisotopic (exact) mass is 212 g/mol. The summed E-state index contributed by atoms with van der Waals surface area (Å²) in [6.45, 7) is 0. The average Bonchev–Trinajstić information content (AvgIpc) is 2.33. The van der Waals surface area contributed by atoms with E-state index in [4.69, 9.17) is 15.7 Å². The normalized spacial score (nSPS) is 9.44. The van der Waals surface area contributed by atoms with Crippen molar-refractivity contribution in [1.29, 1.82) is 5.26 Å². The largest absolute Gasteiger partial charge is 0.436 e. The molecule has 0 unspecified atom stereocenters. The topological polar surface area (TPSA) is 84.8 Å². The Morgan fingerprint density at radius 2 is 1.94 bits per heavy atom. The molecule has 0 saturated carbocycles. The molecule has 0 spiro atoms. The number of ether oxygens (including phenoxy) is 1. The smallest absolute Gasteiger partial charge is 0.239 e. The fourth-order valence-corrected chi connectivity index (χ4v) is 1.15. The van der Waals surface area contributed by atoms with Crippen LogP contribution in [0.15, 0.2) is 36.4 Å². The zero-order valence-corrected chi connectivity index (χ0v) is 8.29. The van der Waals surface area contributed by atoms with Gasteiger partial charge in [-0.2, -0.15) is 5.26 Å². The van der Waals surface area contributed by atoms with Gasteiger partial charge in [0, 0.05) is 6.07 Å². The van der Waals surface area contributed by atoms with Gasteiger partial charge in [0.1, 0.15) is 17.6 Å². The van der Waals surface area contributed by atoms with Crippen LogP contribution in [0.4, 0.5) is 5.82 Å². The summed E-state index contributed by atoms with van der Waals surface area (Å²) in [5.74, 6) is 1.07. The van der Waals surface area contributed by atoms with E-state index in [0.29, 0.717) is 23.0 Å². The fourth-order valence-electron chi connectivity index (χ4n) is 1.15. The lowest BCUT2D eigenvalue weighted by atomic mass is 10.2. The molecule has 1 aromatic heterocycles. The molecule has 5 heteroatoms. The number of nitrogen functional groups attached to an aromatic ring is 1. The first-order chi connectivity index (χ1) is 7.79. The van der Waals surface area contributed by atoms with Crippen molar-refractivity contribution in [2.45, 2.75) is 0 Å². The maximum atomic E-state index is 8.85. The molecule has 16 heavy (non-hydrogen) atoms. The van der Waals surface area contributed by atoms with Gasteiger partial charge in [-0.1, -0.05) is 12.1 Å². The summed E-state index contributed by atoms with van der Waals surface area (Å²) < 4.78 is 5.40. The van der Waals surface area contributed by atoms with Crippen molar-refractivity contribution in [3.05, 3.63) is 42.0 Å². The van der Waals surface area contributed by atoms with Crippen LogP contribution in [0.25, 0.3) is 0 Å². The van der Waals surface area contributed by atoms with Crippen LogP contribution >= 0.6 is 0 Å². The Kier molecular flexibility index (Phi) is 2.65. The molecule has 5 nitrogen and oxygen atoms in total. The number of rotatable bonds is 2. The van der Waals surface area contributed by atoms with Crippen molar-refractivity contribution in [1.82, 2.24) is 10.2 Å². The Balaban J connectivity index is 2.27. The Morgan fingerprint density at radius 3 is 2.62 bits per heavy atom. The molecule has 0 saturated heterocycles. The van der Waals surface area contributed by atoms with E-state index in [2.05, 4.69) is 10.2 Å². The third kappa shape index (κ3) is 2.07. The minimum Gasteiger partial charge on any atom is -0.436 e. The number of anilines is 1. The number of aromatic nitrogens is 2. The summed E-state index contributed by atoms with van der Waals surface area (Å²) >= 11 is 0. The SMILES string of the molecule is N#Cc1ccccc1Oc1ccc(N)nn1. The third-order valence-corrected chi connectivity index (χ3v) is 1.88. The zero-order chi connectivity index (χ0) is 11.4. The van der Waals surface area contributed by atoms with E-state index < -0.39 is 0 Å². The average molecular weight is 212 g/mol. The van der Waals surface area contributed by atoms with Crippen molar-refractivity contribution < 1.29 is 4.74 Å². The number of para-hydroxylation sites is 1. The van der Waals surface area contributed by atoms with E-state index in [9.17, 15) is 0 Å². The van der Waals surface area contributed by atoms with Crippen LogP contribution in [0, 0.1) is 11.3 Å². The first-order valence-corrected chi connectivity index (χ1v) is 4.56. The maximum absolute atomic E-state index is 8.85. The molecule has 78 valence electrons. The van der Waals surface area contributed by atoms with Gasteiger partial charge in [-0.3, -0.25) is 0 Å². The molecule has 2 rings (SSSR count). The molecular formula is C11H8N4O. The number of benzene rings is 1. The first kappa shape index (κ1) is 9.93. The van der Waals surface area contributed by atoms with Crippen molar-refractivity contribution in [2.24, 2.45) is 0 Å². The summed E-state index contributed by atoms with van der Waals surface area (Å²) in [4.78, 5) is 0. The predicted octanol–water partition coefficient (Wildman–Crippen LogP) is 1.72. The second kappa shape index (κ2) is 4.28. The summed E-state index contributed by atoms with van der Waals surface area (Å²) in [5, 5.41) is 16.2. The molecule has 0 fully saturated rings. The van der Waals surface area contributed by atoms with Gasteiger partial charge in [0.25, 0.3) is 0 Å². The van der Waals surface area contributed by atoms with Crippen molar-refractivity contribution >= 4 is 5.82 Å². The van der Waals surface area contributed by atoms with E-state index in [1.165, 1.54) is 0 Å². The van der Waals surface area contributed by atoms with Gasteiger partial charge in [0.2, 0.25) is 5.88 Å². The number of nitrogens with two attached hydrogens (primary N) is 1. The fraction of sp³-hybridized carbons (Fsp3) is 0.